The van der Waals surface area contributed by atoms with E-state index in [-0.39, 0.29) is 18.9 Å². The lowest BCUT2D eigenvalue weighted by molar-refractivity contribution is -0.122. The molecule has 0 saturated heterocycles. The van der Waals surface area contributed by atoms with Crippen molar-refractivity contribution in [3.8, 4) is 5.75 Å². The summed E-state index contributed by atoms with van der Waals surface area (Å²) in [5, 5.41) is 3.96. The zero-order chi connectivity index (χ0) is 18.2. The van der Waals surface area contributed by atoms with Crippen molar-refractivity contribution in [3.63, 3.8) is 0 Å². The molecule has 0 fully saturated rings. The molecule has 1 amide bonds. The number of thiocarbonyl (C=S) groups is 1. The second-order valence-electron chi connectivity index (χ2n) is 5.43. The highest BCUT2D eigenvalue weighted by Gasteiger charge is 2.05. The van der Waals surface area contributed by atoms with E-state index in [0.29, 0.717) is 15.9 Å². The minimum absolute atomic E-state index is 0.186. The van der Waals surface area contributed by atoms with Crippen LogP contribution in [0.3, 0.4) is 0 Å². The Labute approximate surface area is 157 Å². The van der Waals surface area contributed by atoms with Gasteiger partial charge in [-0.15, -0.1) is 0 Å². The molecule has 5 nitrogen and oxygen atoms in total. The average molecular weight is 378 g/mol. The second-order valence-corrected chi connectivity index (χ2v) is 6.28. The molecule has 25 heavy (non-hydrogen) atoms. The lowest BCUT2D eigenvalue weighted by Crippen LogP contribution is -2.44. The summed E-state index contributed by atoms with van der Waals surface area (Å²) < 4.78 is 5.47. The number of hydrazine groups is 1. The Bertz CT molecular complexity index is 768. The molecule has 0 aromatic heterocycles. The number of rotatable bonds is 5. The van der Waals surface area contributed by atoms with Crippen molar-refractivity contribution in [3.05, 3.63) is 58.6 Å². The Morgan fingerprint density at radius 2 is 1.92 bits per heavy atom. The van der Waals surface area contributed by atoms with Crippen molar-refractivity contribution < 1.29 is 9.53 Å². The first-order valence-corrected chi connectivity index (χ1v) is 8.55. The Balaban J connectivity index is 1.70. The van der Waals surface area contributed by atoms with E-state index in [1.165, 1.54) is 0 Å². The van der Waals surface area contributed by atoms with Gasteiger partial charge in [-0.2, -0.15) is 0 Å². The van der Waals surface area contributed by atoms with Crippen molar-refractivity contribution in [2.24, 2.45) is 0 Å². The normalized spacial score (nSPS) is 10.0. The number of carbonyl (C=O) groups excluding carboxylic acids is 1. The van der Waals surface area contributed by atoms with Crippen LogP contribution in [0, 0.1) is 13.8 Å². The molecule has 0 unspecified atom stereocenters. The average Bonchev–Trinajstić information content (AvgIpc) is 2.57. The molecule has 2 aromatic carbocycles. The third-order valence-electron chi connectivity index (χ3n) is 3.56. The minimum Gasteiger partial charge on any atom is -0.493 e. The highest BCUT2D eigenvalue weighted by atomic mass is 35.5. The standard InChI is InChI=1S/C18H20ClN3O2S/c1-12-5-3-8-16(13(12)2)20-18(25)22-21-17(23)9-10-24-15-7-4-6-14(19)11-15/h3-8,11H,9-10H2,1-2H3,(H,21,23)(H2,20,22,25). The van der Waals surface area contributed by atoms with E-state index < -0.39 is 0 Å². The number of hydrogen-bond acceptors (Lipinski definition) is 3. The van der Waals surface area contributed by atoms with Gasteiger partial charge in [-0.25, -0.2) is 0 Å². The van der Waals surface area contributed by atoms with Crippen LogP contribution < -0.4 is 20.9 Å². The summed E-state index contributed by atoms with van der Waals surface area (Å²) in [5.41, 5.74) is 8.38. The zero-order valence-electron chi connectivity index (χ0n) is 14.1. The summed E-state index contributed by atoms with van der Waals surface area (Å²) in [5.74, 6) is 0.396. The van der Waals surface area contributed by atoms with Crippen LogP contribution in [0.25, 0.3) is 0 Å². The summed E-state index contributed by atoms with van der Waals surface area (Å²) in [7, 11) is 0. The number of carbonyl (C=O) groups is 1. The monoisotopic (exact) mass is 377 g/mol. The van der Waals surface area contributed by atoms with Crippen molar-refractivity contribution in [1.29, 1.82) is 0 Å². The number of halogens is 1. The first-order valence-electron chi connectivity index (χ1n) is 7.76. The molecule has 0 heterocycles. The molecular formula is C18H20ClN3O2S. The lowest BCUT2D eigenvalue weighted by Gasteiger charge is -2.14. The van der Waals surface area contributed by atoms with Gasteiger partial charge in [0, 0.05) is 10.7 Å². The molecule has 7 heteroatoms. The van der Waals surface area contributed by atoms with E-state index in [1.807, 2.05) is 32.0 Å². The van der Waals surface area contributed by atoms with E-state index in [9.17, 15) is 4.79 Å². The lowest BCUT2D eigenvalue weighted by atomic mass is 10.1. The van der Waals surface area contributed by atoms with Crippen molar-refractivity contribution >= 4 is 40.5 Å². The number of nitrogens with one attached hydrogen (secondary N) is 3. The summed E-state index contributed by atoms with van der Waals surface area (Å²) >= 11 is 11.0. The Morgan fingerprint density at radius 1 is 1.16 bits per heavy atom. The van der Waals surface area contributed by atoms with Gasteiger partial charge in [-0.05, 0) is 61.5 Å². The van der Waals surface area contributed by atoms with Gasteiger partial charge in [-0.1, -0.05) is 29.8 Å². The van der Waals surface area contributed by atoms with Gasteiger partial charge in [0.15, 0.2) is 5.11 Å². The molecule has 0 bridgehead atoms. The van der Waals surface area contributed by atoms with Gasteiger partial charge in [0.1, 0.15) is 5.75 Å². The van der Waals surface area contributed by atoms with Gasteiger partial charge >= 0.3 is 0 Å². The van der Waals surface area contributed by atoms with Crippen LogP contribution in [0.5, 0.6) is 5.75 Å². The van der Waals surface area contributed by atoms with Crippen LogP contribution in [-0.4, -0.2) is 17.6 Å². The van der Waals surface area contributed by atoms with E-state index in [4.69, 9.17) is 28.6 Å². The Hall–Kier alpha value is -2.31. The third kappa shape index (κ3) is 6.25. The maximum Gasteiger partial charge on any atom is 0.241 e. The quantitative estimate of drug-likeness (QED) is 0.547. The number of benzene rings is 2. The number of ether oxygens (including phenoxy) is 1. The summed E-state index contributed by atoms with van der Waals surface area (Å²) in [6.45, 7) is 4.27. The fraction of sp³-hybridized carbons (Fsp3) is 0.222. The molecule has 0 radical (unpaired) electrons. The van der Waals surface area contributed by atoms with E-state index in [2.05, 4.69) is 16.2 Å². The summed E-state index contributed by atoms with van der Waals surface area (Å²) in [6.07, 6.45) is 0.186. The molecule has 0 spiro atoms. The first-order chi connectivity index (χ1) is 12.0. The largest absolute Gasteiger partial charge is 0.493 e. The van der Waals surface area contributed by atoms with Crippen LogP contribution in [-0.2, 0) is 4.79 Å². The molecule has 0 atom stereocenters. The SMILES string of the molecule is Cc1cccc(NC(=S)NNC(=O)CCOc2cccc(Cl)c2)c1C. The summed E-state index contributed by atoms with van der Waals surface area (Å²) in [4.78, 5) is 11.8. The molecule has 0 aliphatic heterocycles. The number of amides is 1. The molecule has 0 aliphatic rings. The smallest absolute Gasteiger partial charge is 0.241 e. The van der Waals surface area contributed by atoms with Crippen LogP contribution in [0.4, 0.5) is 5.69 Å². The summed E-state index contributed by atoms with van der Waals surface area (Å²) in [6, 6.07) is 12.9. The molecular weight excluding hydrogens is 358 g/mol. The highest BCUT2D eigenvalue weighted by molar-refractivity contribution is 7.80. The Morgan fingerprint density at radius 3 is 2.68 bits per heavy atom. The molecule has 3 N–H and O–H groups in total. The van der Waals surface area contributed by atoms with Gasteiger partial charge in [0.2, 0.25) is 5.91 Å². The highest BCUT2D eigenvalue weighted by Crippen LogP contribution is 2.18. The number of hydrogen-bond donors (Lipinski definition) is 3. The maximum absolute atomic E-state index is 11.8. The first kappa shape index (κ1) is 19.0. The van der Waals surface area contributed by atoms with Gasteiger partial charge in [0.05, 0.1) is 13.0 Å². The van der Waals surface area contributed by atoms with E-state index >= 15 is 0 Å². The van der Waals surface area contributed by atoms with Crippen LogP contribution in [0.2, 0.25) is 5.02 Å². The van der Waals surface area contributed by atoms with Gasteiger partial charge in [0.25, 0.3) is 0 Å². The molecule has 132 valence electrons. The predicted molar refractivity (Wildman–Crippen MR) is 105 cm³/mol. The molecule has 2 aromatic rings. The molecule has 0 aliphatic carbocycles. The Kier molecular flexibility index (Phi) is 7.03. The van der Waals surface area contributed by atoms with Crippen molar-refractivity contribution in [2.45, 2.75) is 20.3 Å². The molecule has 0 saturated carbocycles. The maximum atomic E-state index is 11.8. The van der Waals surface area contributed by atoms with Crippen molar-refractivity contribution in [1.82, 2.24) is 10.9 Å². The fourth-order valence-electron chi connectivity index (χ4n) is 2.05. The minimum atomic E-state index is -0.229. The number of anilines is 1. The topological polar surface area (TPSA) is 62.4 Å². The van der Waals surface area contributed by atoms with Crippen LogP contribution >= 0.6 is 23.8 Å². The van der Waals surface area contributed by atoms with E-state index in [1.54, 1.807) is 24.3 Å². The fourth-order valence-corrected chi connectivity index (χ4v) is 2.39. The van der Waals surface area contributed by atoms with E-state index in [0.717, 1.165) is 16.8 Å². The number of aryl methyl sites for hydroxylation is 1. The second kappa shape index (κ2) is 9.25. The van der Waals surface area contributed by atoms with Crippen LogP contribution in [0.1, 0.15) is 17.5 Å². The van der Waals surface area contributed by atoms with Crippen molar-refractivity contribution in [2.75, 3.05) is 11.9 Å². The molecule has 2 rings (SSSR count). The zero-order valence-corrected chi connectivity index (χ0v) is 15.6. The van der Waals surface area contributed by atoms with Crippen LogP contribution in [0.15, 0.2) is 42.5 Å². The predicted octanol–water partition coefficient (Wildman–Crippen LogP) is 3.74. The third-order valence-corrected chi connectivity index (χ3v) is 4.00. The van der Waals surface area contributed by atoms with Gasteiger partial charge < -0.3 is 10.1 Å². The van der Waals surface area contributed by atoms with Gasteiger partial charge in [-0.3, -0.25) is 15.6 Å².